The van der Waals surface area contributed by atoms with Crippen LogP contribution < -0.4 is 10.6 Å². The van der Waals surface area contributed by atoms with Gasteiger partial charge in [-0.2, -0.15) is 0 Å². The molecule has 7 heteroatoms. The van der Waals surface area contributed by atoms with Crippen LogP contribution >= 0.6 is 0 Å². The fraction of sp³-hybridized carbons (Fsp3) is 0.500. The Kier molecular flexibility index (Phi) is 7.21. The van der Waals surface area contributed by atoms with Crippen molar-refractivity contribution in [1.29, 1.82) is 0 Å². The summed E-state index contributed by atoms with van der Waals surface area (Å²) in [6, 6.07) is 2.41. The molecule has 2 atom stereocenters. The van der Waals surface area contributed by atoms with Crippen molar-refractivity contribution < 1.29 is 23.4 Å². The number of aliphatic hydroxyl groups excluding tert-OH is 1. The molecule has 0 saturated carbocycles. The minimum absolute atomic E-state index is 0.0177. The van der Waals surface area contributed by atoms with Crippen LogP contribution in [0.3, 0.4) is 0 Å². The van der Waals surface area contributed by atoms with E-state index in [4.69, 9.17) is 4.74 Å². The number of nitrogens with one attached hydrogen (secondary N) is 2. The monoisotopic (exact) mass is 302 g/mol. The van der Waals surface area contributed by atoms with Gasteiger partial charge in [0.05, 0.1) is 18.8 Å². The minimum Gasteiger partial charge on any atom is -0.387 e. The van der Waals surface area contributed by atoms with Crippen LogP contribution in [0.5, 0.6) is 0 Å². The number of ether oxygens (including phenoxy) is 1. The molecule has 0 aromatic heterocycles. The second-order valence-corrected chi connectivity index (χ2v) is 4.60. The molecule has 0 radical (unpaired) electrons. The second kappa shape index (κ2) is 8.66. The Bertz CT molecular complexity index is 472. The third-order valence-electron chi connectivity index (χ3n) is 2.94. The highest BCUT2D eigenvalue weighted by Crippen LogP contribution is 2.17. The maximum absolute atomic E-state index is 13.5. The largest absolute Gasteiger partial charge is 0.387 e. The van der Waals surface area contributed by atoms with Crippen molar-refractivity contribution in [2.75, 3.05) is 26.8 Å². The van der Waals surface area contributed by atoms with Gasteiger partial charge in [-0.25, -0.2) is 8.78 Å². The number of benzene rings is 1. The summed E-state index contributed by atoms with van der Waals surface area (Å²) in [6.45, 7) is 2.38. The van der Waals surface area contributed by atoms with Gasteiger partial charge in [0, 0.05) is 31.8 Å². The van der Waals surface area contributed by atoms with Gasteiger partial charge >= 0.3 is 0 Å². The van der Waals surface area contributed by atoms with Crippen molar-refractivity contribution in [1.82, 2.24) is 10.6 Å². The molecule has 0 saturated heterocycles. The molecule has 0 fully saturated rings. The first-order valence-corrected chi connectivity index (χ1v) is 6.58. The summed E-state index contributed by atoms with van der Waals surface area (Å²) >= 11 is 0. The fourth-order valence-electron chi connectivity index (χ4n) is 1.69. The molecule has 0 aliphatic rings. The number of halogens is 2. The molecule has 21 heavy (non-hydrogen) atoms. The lowest BCUT2D eigenvalue weighted by Gasteiger charge is -2.17. The van der Waals surface area contributed by atoms with Crippen molar-refractivity contribution in [2.45, 2.75) is 19.1 Å². The van der Waals surface area contributed by atoms with Crippen LogP contribution in [0, 0.1) is 11.6 Å². The maximum Gasteiger partial charge on any atom is 0.236 e. The third-order valence-corrected chi connectivity index (χ3v) is 2.94. The highest BCUT2D eigenvalue weighted by Gasteiger charge is 2.17. The van der Waals surface area contributed by atoms with Gasteiger partial charge in [0.15, 0.2) is 0 Å². The quantitative estimate of drug-likeness (QED) is 0.620. The van der Waals surface area contributed by atoms with E-state index in [1.807, 2.05) is 0 Å². The standard InChI is InChI=1S/C14H20F2N2O3/c1-9(14(20)17-5-6-21-2)18-8-13(19)11-4-3-10(15)7-12(11)16/h3-4,7,9,13,18-19H,5-6,8H2,1-2H3,(H,17,20). The number of carbonyl (C=O) groups excluding carboxylic acids is 1. The molecule has 0 heterocycles. The van der Waals surface area contributed by atoms with E-state index in [0.29, 0.717) is 19.2 Å². The Morgan fingerprint density at radius 1 is 1.43 bits per heavy atom. The Hall–Kier alpha value is -1.57. The second-order valence-electron chi connectivity index (χ2n) is 4.60. The molecule has 0 aliphatic heterocycles. The molecule has 0 bridgehead atoms. The molecule has 1 aromatic carbocycles. The number of rotatable bonds is 8. The lowest BCUT2D eigenvalue weighted by Crippen LogP contribution is -2.44. The van der Waals surface area contributed by atoms with Crippen molar-refractivity contribution in [3.63, 3.8) is 0 Å². The Morgan fingerprint density at radius 2 is 2.14 bits per heavy atom. The van der Waals surface area contributed by atoms with Gasteiger partial charge in [-0.3, -0.25) is 4.79 Å². The molecule has 0 aliphatic carbocycles. The zero-order valence-electron chi connectivity index (χ0n) is 12.0. The van der Waals surface area contributed by atoms with Crippen LogP contribution in [0.2, 0.25) is 0 Å². The van der Waals surface area contributed by atoms with E-state index >= 15 is 0 Å². The molecule has 118 valence electrons. The van der Waals surface area contributed by atoms with Gasteiger partial charge in [0.25, 0.3) is 0 Å². The zero-order valence-corrected chi connectivity index (χ0v) is 12.0. The van der Waals surface area contributed by atoms with Crippen molar-refractivity contribution in [3.8, 4) is 0 Å². The first-order valence-electron chi connectivity index (χ1n) is 6.58. The van der Waals surface area contributed by atoms with Gasteiger partial charge in [-0.1, -0.05) is 6.07 Å². The molecular formula is C14H20F2N2O3. The number of hydrogen-bond acceptors (Lipinski definition) is 4. The van der Waals surface area contributed by atoms with Crippen LogP contribution in [0.1, 0.15) is 18.6 Å². The summed E-state index contributed by atoms with van der Waals surface area (Å²) in [5, 5.41) is 15.3. The topological polar surface area (TPSA) is 70.6 Å². The van der Waals surface area contributed by atoms with Gasteiger partial charge in [0.1, 0.15) is 11.6 Å². The molecule has 1 rings (SSSR count). The Labute approximate surface area is 122 Å². The van der Waals surface area contributed by atoms with Crippen LogP contribution in [0.4, 0.5) is 8.78 Å². The summed E-state index contributed by atoms with van der Waals surface area (Å²) in [5.41, 5.74) is -0.0177. The number of hydrogen-bond donors (Lipinski definition) is 3. The smallest absolute Gasteiger partial charge is 0.236 e. The summed E-state index contributed by atoms with van der Waals surface area (Å²) < 4.78 is 31.0. The van der Waals surface area contributed by atoms with Crippen LogP contribution in [0.15, 0.2) is 18.2 Å². The van der Waals surface area contributed by atoms with E-state index in [0.717, 1.165) is 6.07 Å². The normalized spacial score (nSPS) is 13.8. The van der Waals surface area contributed by atoms with E-state index < -0.39 is 23.8 Å². The first kappa shape index (κ1) is 17.5. The van der Waals surface area contributed by atoms with Crippen LogP contribution in [0.25, 0.3) is 0 Å². The number of aliphatic hydroxyl groups is 1. The lowest BCUT2D eigenvalue weighted by molar-refractivity contribution is -0.123. The summed E-state index contributed by atoms with van der Waals surface area (Å²) in [5.74, 6) is -1.78. The predicted octanol–water partition coefficient (Wildman–Crippen LogP) is 0.739. The van der Waals surface area contributed by atoms with Gasteiger partial charge in [-0.15, -0.1) is 0 Å². The highest BCUT2D eigenvalue weighted by atomic mass is 19.1. The van der Waals surface area contributed by atoms with Crippen LogP contribution in [-0.4, -0.2) is 43.9 Å². The van der Waals surface area contributed by atoms with Gasteiger partial charge in [0.2, 0.25) is 5.91 Å². The third kappa shape index (κ3) is 5.74. The molecule has 5 nitrogen and oxygen atoms in total. The molecular weight excluding hydrogens is 282 g/mol. The average Bonchev–Trinajstić information content (AvgIpc) is 2.44. The number of amides is 1. The lowest BCUT2D eigenvalue weighted by atomic mass is 10.1. The summed E-state index contributed by atoms with van der Waals surface area (Å²) in [4.78, 5) is 11.6. The van der Waals surface area contributed by atoms with E-state index in [-0.39, 0.29) is 18.0 Å². The molecule has 3 N–H and O–H groups in total. The molecule has 1 amide bonds. The van der Waals surface area contributed by atoms with Crippen LogP contribution in [-0.2, 0) is 9.53 Å². The van der Waals surface area contributed by atoms with E-state index in [2.05, 4.69) is 10.6 Å². The van der Waals surface area contributed by atoms with E-state index in [1.54, 1.807) is 6.92 Å². The maximum atomic E-state index is 13.5. The average molecular weight is 302 g/mol. The van der Waals surface area contributed by atoms with E-state index in [9.17, 15) is 18.7 Å². The summed E-state index contributed by atoms with van der Waals surface area (Å²) in [7, 11) is 1.53. The number of methoxy groups -OCH3 is 1. The molecule has 1 aromatic rings. The zero-order chi connectivity index (χ0) is 15.8. The number of carbonyl (C=O) groups is 1. The van der Waals surface area contributed by atoms with Gasteiger partial charge < -0.3 is 20.5 Å². The highest BCUT2D eigenvalue weighted by molar-refractivity contribution is 5.81. The van der Waals surface area contributed by atoms with Gasteiger partial charge in [-0.05, 0) is 13.0 Å². The predicted molar refractivity (Wildman–Crippen MR) is 73.7 cm³/mol. The summed E-state index contributed by atoms with van der Waals surface area (Å²) in [6.07, 6.45) is -1.17. The van der Waals surface area contributed by atoms with Crippen molar-refractivity contribution in [2.24, 2.45) is 0 Å². The Balaban J connectivity index is 2.44. The minimum atomic E-state index is -1.17. The first-order chi connectivity index (χ1) is 9.95. The van der Waals surface area contributed by atoms with Crippen molar-refractivity contribution >= 4 is 5.91 Å². The SMILES string of the molecule is COCCNC(=O)C(C)NCC(O)c1ccc(F)cc1F. The Morgan fingerprint density at radius 3 is 2.76 bits per heavy atom. The van der Waals surface area contributed by atoms with Crippen molar-refractivity contribution in [3.05, 3.63) is 35.4 Å². The van der Waals surface area contributed by atoms with E-state index in [1.165, 1.54) is 13.2 Å². The molecule has 0 spiro atoms. The fourth-order valence-corrected chi connectivity index (χ4v) is 1.69. The molecule has 2 unspecified atom stereocenters.